The lowest BCUT2D eigenvalue weighted by atomic mass is 9.98. The lowest BCUT2D eigenvalue weighted by molar-refractivity contribution is 0.0565. The molecule has 3 N–H and O–H groups in total. The number of hydrogen-bond donors (Lipinski definition) is 3. The van der Waals surface area contributed by atoms with Crippen LogP contribution < -0.4 is 5.32 Å². The van der Waals surface area contributed by atoms with E-state index >= 15 is 0 Å². The van der Waals surface area contributed by atoms with E-state index in [0.29, 0.717) is 11.4 Å². The molecule has 174 valence electrons. The first-order valence-electron chi connectivity index (χ1n) is 10.8. The summed E-state index contributed by atoms with van der Waals surface area (Å²) in [5, 5.41) is 22.4. The van der Waals surface area contributed by atoms with Crippen LogP contribution in [0.25, 0.3) is 5.57 Å². The first kappa shape index (κ1) is 23.4. The smallest absolute Gasteiger partial charge is 0.252 e. The van der Waals surface area contributed by atoms with Crippen LogP contribution in [0.1, 0.15) is 27.2 Å². The highest BCUT2D eigenvalue weighted by atomic mass is 19.1. The Balaban J connectivity index is 1.60. The molecular formula is C26H23F2N3O3. The molecular weight excluding hydrogens is 440 g/mol. The topological polar surface area (TPSA) is 94.8 Å². The Labute approximate surface area is 195 Å². The molecule has 8 heteroatoms. The number of aliphatic imine (C=N–C) groups is 1. The summed E-state index contributed by atoms with van der Waals surface area (Å²) in [6.07, 6.45) is 2.20. The highest BCUT2D eigenvalue weighted by Crippen LogP contribution is 2.25. The van der Waals surface area contributed by atoms with Gasteiger partial charge in [-0.15, -0.1) is 0 Å². The van der Waals surface area contributed by atoms with Crippen molar-refractivity contribution in [3.63, 3.8) is 0 Å². The van der Waals surface area contributed by atoms with E-state index in [1.807, 2.05) is 0 Å². The Morgan fingerprint density at radius 1 is 1.06 bits per heavy atom. The monoisotopic (exact) mass is 463 g/mol. The number of amides is 1. The van der Waals surface area contributed by atoms with Crippen molar-refractivity contribution < 1.29 is 23.8 Å². The van der Waals surface area contributed by atoms with Crippen LogP contribution in [0, 0.1) is 11.6 Å². The zero-order valence-corrected chi connectivity index (χ0v) is 18.2. The van der Waals surface area contributed by atoms with E-state index in [1.54, 1.807) is 42.6 Å². The summed E-state index contributed by atoms with van der Waals surface area (Å²) in [6, 6.07) is 14.5. The standard InChI is InChI=1S/C26H23F2N3O3/c27-18-9-7-16(8-10-18)17-12-23(30-14-17)25-20(5-3-6-21(25)28)26(34)31-22(24(33)15-32)13-19-4-1-2-11-29-19/h1-12,22,24,32-33H,13-15H2,(H,31,34)/t22-,24+/m0/s1. The maximum Gasteiger partial charge on any atom is 0.252 e. The summed E-state index contributed by atoms with van der Waals surface area (Å²) in [4.78, 5) is 21.8. The highest BCUT2D eigenvalue weighted by Gasteiger charge is 2.26. The molecule has 0 aliphatic carbocycles. The van der Waals surface area contributed by atoms with Gasteiger partial charge in [0.1, 0.15) is 11.6 Å². The summed E-state index contributed by atoms with van der Waals surface area (Å²) in [6.45, 7) is -0.299. The molecule has 34 heavy (non-hydrogen) atoms. The van der Waals surface area contributed by atoms with Gasteiger partial charge in [0.2, 0.25) is 0 Å². The van der Waals surface area contributed by atoms with Crippen molar-refractivity contribution in [1.29, 1.82) is 0 Å². The van der Waals surface area contributed by atoms with Gasteiger partial charge in [-0.3, -0.25) is 14.8 Å². The molecule has 0 radical (unpaired) electrons. The van der Waals surface area contributed by atoms with Crippen molar-refractivity contribution in [2.75, 3.05) is 13.2 Å². The number of rotatable bonds is 8. The molecule has 0 bridgehead atoms. The molecule has 0 fully saturated rings. The Bertz CT molecular complexity index is 1230. The Hall–Kier alpha value is -3.75. The number of nitrogens with zero attached hydrogens (tertiary/aromatic N) is 2. The van der Waals surface area contributed by atoms with Crippen LogP contribution in [0.2, 0.25) is 0 Å². The van der Waals surface area contributed by atoms with Crippen LogP contribution in [0.15, 0.2) is 77.9 Å². The normalized spacial score (nSPS) is 14.8. The van der Waals surface area contributed by atoms with E-state index in [4.69, 9.17) is 0 Å². The van der Waals surface area contributed by atoms with E-state index < -0.39 is 30.5 Å². The molecule has 0 saturated carbocycles. The van der Waals surface area contributed by atoms with Gasteiger partial charge < -0.3 is 15.5 Å². The Kier molecular flexibility index (Phi) is 7.20. The van der Waals surface area contributed by atoms with Crippen molar-refractivity contribution in [2.45, 2.75) is 18.6 Å². The van der Waals surface area contributed by atoms with E-state index in [-0.39, 0.29) is 29.9 Å². The van der Waals surface area contributed by atoms with Gasteiger partial charge in [-0.2, -0.15) is 0 Å². The number of aliphatic hydroxyl groups is 2. The Morgan fingerprint density at radius 3 is 2.56 bits per heavy atom. The van der Waals surface area contributed by atoms with Gasteiger partial charge in [-0.1, -0.05) is 24.3 Å². The predicted molar refractivity (Wildman–Crippen MR) is 124 cm³/mol. The third-order valence-electron chi connectivity index (χ3n) is 5.58. The summed E-state index contributed by atoms with van der Waals surface area (Å²) in [7, 11) is 0. The number of aliphatic hydroxyl groups excluding tert-OH is 2. The zero-order chi connectivity index (χ0) is 24.1. The average molecular weight is 463 g/mol. The predicted octanol–water partition coefficient (Wildman–Crippen LogP) is 2.94. The third kappa shape index (κ3) is 5.24. The first-order valence-corrected chi connectivity index (χ1v) is 10.8. The molecule has 2 heterocycles. The molecule has 0 unspecified atom stereocenters. The average Bonchev–Trinajstić information content (AvgIpc) is 3.33. The number of nitrogens with one attached hydrogen (secondary N) is 1. The van der Waals surface area contributed by atoms with E-state index in [0.717, 1.165) is 11.1 Å². The van der Waals surface area contributed by atoms with Crippen LogP contribution in [0.3, 0.4) is 0 Å². The van der Waals surface area contributed by atoms with Gasteiger partial charge in [-0.25, -0.2) is 8.78 Å². The quantitative estimate of drug-likeness (QED) is 0.479. The van der Waals surface area contributed by atoms with Gasteiger partial charge in [0.25, 0.3) is 5.91 Å². The minimum absolute atomic E-state index is 0.0344. The Morgan fingerprint density at radius 2 is 1.85 bits per heavy atom. The van der Waals surface area contributed by atoms with Crippen molar-refractivity contribution >= 4 is 17.2 Å². The number of pyridine rings is 1. The largest absolute Gasteiger partial charge is 0.394 e. The summed E-state index contributed by atoms with van der Waals surface area (Å²) in [5.74, 6) is -1.59. The van der Waals surface area contributed by atoms with Gasteiger partial charge in [0.05, 0.1) is 36.6 Å². The molecule has 6 nitrogen and oxygen atoms in total. The number of carbonyl (C=O) groups excluding carboxylic acids is 1. The van der Waals surface area contributed by atoms with Crippen LogP contribution in [0.5, 0.6) is 0 Å². The molecule has 0 saturated heterocycles. The highest BCUT2D eigenvalue weighted by molar-refractivity contribution is 6.19. The fourth-order valence-corrected chi connectivity index (χ4v) is 3.79. The van der Waals surface area contributed by atoms with E-state index in [9.17, 15) is 23.8 Å². The number of benzene rings is 2. The molecule has 1 aromatic heterocycles. The molecule has 3 aromatic rings. The van der Waals surface area contributed by atoms with Crippen molar-refractivity contribution in [2.24, 2.45) is 4.99 Å². The van der Waals surface area contributed by atoms with Crippen LogP contribution in [-0.2, 0) is 6.42 Å². The third-order valence-corrected chi connectivity index (χ3v) is 5.58. The molecule has 1 aliphatic heterocycles. The van der Waals surface area contributed by atoms with Crippen molar-refractivity contribution in [1.82, 2.24) is 10.3 Å². The van der Waals surface area contributed by atoms with E-state index in [1.165, 1.54) is 30.3 Å². The number of carbonyl (C=O) groups is 1. The maximum absolute atomic E-state index is 14.9. The summed E-state index contributed by atoms with van der Waals surface area (Å²) >= 11 is 0. The minimum atomic E-state index is -1.24. The van der Waals surface area contributed by atoms with Gasteiger partial charge in [0.15, 0.2) is 0 Å². The lowest BCUT2D eigenvalue weighted by Gasteiger charge is -2.23. The van der Waals surface area contributed by atoms with Crippen molar-refractivity contribution in [3.8, 4) is 0 Å². The van der Waals surface area contributed by atoms with Gasteiger partial charge >= 0.3 is 0 Å². The summed E-state index contributed by atoms with van der Waals surface area (Å²) in [5.41, 5.74) is 2.52. The molecule has 1 amide bonds. The fourth-order valence-electron chi connectivity index (χ4n) is 3.79. The number of allylic oxidation sites excluding steroid dienone is 1. The molecule has 2 aromatic carbocycles. The van der Waals surface area contributed by atoms with Crippen LogP contribution in [-0.4, -0.2) is 52.1 Å². The van der Waals surface area contributed by atoms with Crippen LogP contribution >= 0.6 is 0 Å². The number of halogens is 2. The van der Waals surface area contributed by atoms with Crippen molar-refractivity contribution in [3.05, 3.63) is 107 Å². The second kappa shape index (κ2) is 10.5. The fraction of sp³-hybridized carbons (Fsp3) is 0.192. The minimum Gasteiger partial charge on any atom is -0.394 e. The van der Waals surface area contributed by atoms with E-state index in [2.05, 4.69) is 15.3 Å². The first-order chi connectivity index (χ1) is 16.5. The SMILES string of the molecule is O=C(N[C@@H](Cc1ccccn1)[C@H](O)CO)c1cccc(F)c1C1=NCC(c2ccc(F)cc2)=C1. The maximum atomic E-state index is 14.9. The van der Waals surface area contributed by atoms with Gasteiger partial charge in [0, 0.05) is 23.9 Å². The van der Waals surface area contributed by atoms with Gasteiger partial charge in [-0.05, 0) is 53.6 Å². The number of aromatic nitrogens is 1. The molecule has 2 atom stereocenters. The second-order valence-electron chi connectivity index (χ2n) is 7.90. The van der Waals surface area contributed by atoms with Crippen LogP contribution in [0.4, 0.5) is 8.78 Å². The molecule has 0 spiro atoms. The number of hydrogen-bond acceptors (Lipinski definition) is 5. The zero-order valence-electron chi connectivity index (χ0n) is 18.2. The lowest BCUT2D eigenvalue weighted by Crippen LogP contribution is -2.46. The molecule has 1 aliphatic rings. The molecule has 4 rings (SSSR count). The second-order valence-corrected chi connectivity index (χ2v) is 7.90. The summed E-state index contributed by atoms with van der Waals surface area (Å²) < 4.78 is 28.2.